The number of nitrogens with one attached hydrogen (secondary N) is 1. The van der Waals surface area contributed by atoms with Crippen LogP contribution in [0.15, 0.2) is 29.2 Å². The van der Waals surface area contributed by atoms with Gasteiger partial charge >= 0.3 is 0 Å². The van der Waals surface area contributed by atoms with Gasteiger partial charge in [0.15, 0.2) is 0 Å². The van der Waals surface area contributed by atoms with Gasteiger partial charge in [0.1, 0.15) is 0 Å². The van der Waals surface area contributed by atoms with Crippen LogP contribution in [-0.4, -0.2) is 34.1 Å². The fourth-order valence-electron chi connectivity index (χ4n) is 1.53. The molecule has 0 aromatic heterocycles. The Hall–Kier alpha value is -1.11. The molecule has 0 bridgehead atoms. The molecule has 1 aromatic carbocycles. The number of amides is 1. The van der Waals surface area contributed by atoms with E-state index in [1.165, 1.54) is 24.3 Å². The van der Waals surface area contributed by atoms with Crippen molar-refractivity contribution in [2.75, 3.05) is 19.8 Å². The molecule has 7 heteroatoms. The predicted octanol–water partition coefficient (Wildman–Crippen LogP) is 2.41. The lowest BCUT2D eigenvalue weighted by atomic mass is 10.1. The highest BCUT2D eigenvalue weighted by molar-refractivity contribution is 8.13. The first kappa shape index (κ1) is 17.9. The molecule has 0 radical (unpaired) electrons. The normalized spacial score (nSPS) is 11.6. The van der Waals surface area contributed by atoms with Crippen LogP contribution in [0.1, 0.15) is 30.6 Å². The van der Waals surface area contributed by atoms with Crippen molar-refractivity contribution in [2.45, 2.75) is 25.2 Å². The Morgan fingerprint density at radius 2 is 1.86 bits per heavy atom. The third-order valence-electron chi connectivity index (χ3n) is 2.77. The average molecular weight is 334 g/mol. The van der Waals surface area contributed by atoms with Gasteiger partial charge in [-0.05, 0) is 36.6 Å². The SMILES string of the molecule is CC(C)CCOCCNC(=O)c1ccc(S(=O)(=O)Cl)cc1. The van der Waals surface area contributed by atoms with E-state index in [0.717, 1.165) is 6.42 Å². The van der Waals surface area contributed by atoms with E-state index in [1.54, 1.807) is 0 Å². The third kappa shape index (κ3) is 6.93. The van der Waals surface area contributed by atoms with Gasteiger partial charge in [-0.15, -0.1) is 0 Å². The molecule has 118 valence electrons. The first-order valence-electron chi connectivity index (χ1n) is 6.71. The van der Waals surface area contributed by atoms with Crippen LogP contribution in [0.5, 0.6) is 0 Å². The quantitative estimate of drug-likeness (QED) is 0.585. The van der Waals surface area contributed by atoms with Crippen molar-refractivity contribution in [1.82, 2.24) is 5.32 Å². The summed E-state index contributed by atoms with van der Waals surface area (Å²) in [5.41, 5.74) is 0.376. The van der Waals surface area contributed by atoms with Crippen LogP contribution in [-0.2, 0) is 13.8 Å². The van der Waals surface area contributed by atoms with Crippen molar-refractivity contribution in [1.29, 1.82) is 0 Å². The Morgan fingerprint density at radius 1 is 1.24 bits per heavy atom. The van der Waals surface area contributed by atoms with Crippen LogP contribution in [0.2, 0.25) is 0 Å². The molecule has 1 aromatic rings. The molecular weight excluding hydrogens is 314 g/mol. The van der Waals surface area contributed by atoms with Crippen molar-refractivity contribution >= 4 is 25.6 Å². The van der Waals surface area contributed by atoms with Crippen molar-refractivity contribution in [3.63, 3.8) is 0 Å². The Labute approximate surface area is 130 Å². The lowest BCUT2D eigenvalue weighted by Gasteiger charge is -2.08. The van der Waals surface area contributed by atoms with Gasteiger partial charge in [0, 0.05) is 29.4 Å². The lowest BCUT2D eigenvalue weighted by molar-refractivity contribution is 0.0905. The second kappa shape index (κ2) is 8.36. The number of carbonyl (C=O) groups is 1. The van der Waals surface area contributed by atoms with E-state index in [0.29, 0.717) is 31.2 Å². The van der Waals surface area contributed by atoms with E-state index >= 15 is 0 Å². The topological polar surface area (TPSA) is 72.5 Å². The van der Waals surface area contributed by atoms with E-state index in [2.05, 4.69) is 19.2 Å². The largest absolute Gasteiger partial charge is 0.380 e. The molecule has 0 aliphatic carbocycles. The summed E-state index contributed by atoms with van der Waals surface area (Å²) < 4.78 is 27.5. The van der Waals surface area contributed by atoms with Gasteiger partial charge in [0.2, 0.25) is 0 Å². The van der Waals surface area contributed by atoms with Gasteiger partial charge in [-0.1, -0.05) is 13.8 Å². The number of hydrogen-bond donors (Lipinski definition) is 1. The van der Waals surface area contributed by atoms with E-state index < -0.39 is 9.05 Å². The van der Waals surface area contributed by atoms with Crippen LogP contribution in [0, 0.1) is 5.92 Å². The Bertz CT molecular complexity index is 555. The zero-order valence-corrected chi connectivity index (χ0v) is 13.7. The molecule has 0 fully saturated rings. The number of halogens is 1. The number of hydrogen-bond acceptors (Lipinski definition) is 4. The number of carbonyl (C=O) groups excluding carboxylic acids is 1. The minimum Gasteiger partial charge on any atom is -0.380 e. The first-order chi connectivity index (χ1) is 9.80. The average Bonchev–Trinajstić information content (AvgIpc) is 2.41. The molecule has 5 nitrogen and oxygen atoms in total. The highest BCUT2D eigenvalue weighted by Crippen LogP contribution is 2.15. The van der Waals surface area contributed by atoms with E-state index in [9.17, 15) is 13.2 Å². The molecule has 21 heavy (non-hydrogen) atoms. The molecule has 0 saturated heterocycles. The minimum atomic E-state index is -3.76. The number of benzene rings is 1. The van der Waals surface area contributed by atoms with Gasteiger partial charge in [-0.2, -0.15) is 0 Å². The standard InChI is InChI=1S/C14H20ClNO4S/c1-11(2)7-9-20-10-8-16-14(17)12-3-5-13(6-4-12)21(15,18)19/h3-6,11H,7-10H2,1-2H3,(H,16,17). The van der Waals surface area contributed by atoms with Crippen LogP contribution >= 0.6 is 10.7 Å². The molecule has 1 amide bonds. The minimum absolute atomic E-state index is 0.0299. The van der Waals surface area contributed by atoms with E-state index in [4.69, 9.17) is 15.4 Å². The Morgan fingerprint density at radius 3 is 2.38 bits per heavy atom. The molecule has 0 saturated carbocycles. The fourth-order valence-corrected chi connectivity index (χ4v) is 2.30. The predicted molar refractivity (Wildman–Crippen MR) is 82.1 cm³/mol. The summed E-state index contributed by atoms with van der Waals surface area (Å²) in [4.78, 5) is 11.8. The van der Waals surface area contributed by atoms with Gasteiger partial charge in [0.05, 0.1) is 11.5 Å². The van der Waals surface area contributed by atoms with Crippen molar-refractivity contribution in [3.05, 3.63) is 29.8 Å². The molecule has 0 unspecified atom stereocenters. The van der Waals surface area contributed by atoms with Gasteiger partial charge in [-0.3, -0.25) is 4.79 Å². The number of ether oxygens (including phenoxy) is 1. The molecule has 0 atom stereocenters. The van der Waals surface area contributed by atoms with E-state index in [1.807, 2.05) is 0 Å². The molecule has 1 rings (SSSR count). The summed E-state index contributed by atoms with van der Waals surface area (Å²) in [5.74, 6) is 0.317. The van der Waals surface area contributed by atoms with Crippen molar-refractivity contribution in [2.24, 2.45) is 5.92 Å². The van der Waals surface area contributed by atoms with Crippen LogP contribution in [0.3, 0.4) is 0 Å². The highest BCUT2D eigenvalue weighted by Gasteiger charge is 2.11. The first-order valence-corrected chi connectivity index (χ1v) is 9.02. The summed E-state index contributed by atoms with van der Waals surface area (Å²) in [5, 5.41) is 2.70. The van der Waals surface area contributed by atoms with Crippen molar-refractivity contribution in [3.8, 4) is 0 Å². The van der Waals surface area contributed by atoms with Gasteiger partial charge in [-0.25, -0.2) is 8.42 Å². The molecular formula is C14H20ClNO4S. The number of rotatable bonds is 8. The zero-order chi connectivity index (χ0) is 15.9. The second-order valence-corrected chi connectivity index (χ2v) is 7.58. The summed E-state index contributed by atoms with van der Waals surface area (Å²) in [7, 11) is 1.44. The van der Waals surface area contributed by atoms with Crippen LogP contribution < -0.4 is 5.32 Å². The molecule has 0 heterocycles. The Balaban J connectivity index is 2.36. The maximum Gasteiger partial charge on any atom is 0.261 e. The molecule has 0 aliphatic rings. The maximum absolute atomic E-state index is 11.8. The summed E-state index contributed by atoms with van der Waals surface area (Å²) >= 11 is 0. The summed E-state index contributed by atoms with van der Waals surface area (Å²) in [6.45, 7) is 5.78. The van der Waals surface area contributed by atoms with Gasteiger partial charge in [0.25, 0.3) is 15.0 Å². The maximum atomic E-state index is 11.8. The summed E-state index contributed by atoms with van der Waals surface area (Å²) in [6, 6.07) is 5.45. The monoisotopic (exact) mass is 333 g/mol. The van der Waals surface area contributed by atoms with Crippen LogP contribution in [0.4, 0.5) is 0 Å². The Kier molecular flexibility index (Phi) is 7.14. The molecule has 1 N–H and O–H groups in total. The molecule has 0 aliphatic heterocycles. The fraction of sp³-hybridized carbons (Fsp3) is 0.500. The lowest BCUT2D eigenvalue weighted by Crippen LogP contribution is -2.27. The highest BCUT2D eigenvalue weighted by atomic mass is 35.7. The van der Waals surface area contributed by atoms with Crippen molar-refractivity contribution < 1.29 is 17.9 Å². The van der Waals surface area contributed by atoms with Gasteiger partial charge < -0.3 is 10.1 Å². The second-order valence-electron chi connectivity index (χ2n) is 5.01. The summed E-state index contributed by atoms with van der Waals surface area (Å²) in [6.07, 6.45) is 0.988. The zero-order valence-electron chi connectivity index (χ0n) is 12.1. The van der Waals surface area contributed by atoms with E-state index in [-0.39, 0.29) is 10.8 Å². The smallest absolute Gasteiger partial charge is 0.261 e. The third-order valence-corrected chi connectivity index (χ3v) is 4.14. The molecule has 0 spiro atoms. The van der Waals surface area contributed by atoms with Crippen LogP contribution in [0.25, 0.3) is 0 Å².